The van der Waals surface area contributed by atoms with Gasteiger partial charge in [-0.25, -0.2) is 4.99 Å². The zero-order valence-corrected chi connectivity index (χ0v) is 18.1. The van der Waals surface area contributed by atoms with Gasteiger partial charge in [0.15, 0.2) is 0 Å². The minimum atomic E-state index is -1.17. The highest BCUT2D eigenvalue weighted by Gasteiger charge is 2.28. The first-order valence-electron chi connectivity index (χ1n) is 9.77. The summed E-state index contributed by atoms with van der Waals surface area (Å²) in [4.78, 5) is 30.6. The van der Waals surface area contributed by atoms with E-state index in [1.165, 1.54) is 14.2 Å². The summed E-state index contributed by atoms with van der Waals surface area (Å²) < 4.78 is 10.5. The van der Waals surface area contributed by atoms with Crippen LogP contribution in [0.5, 0.6) is 11.5 Å². The first-order chi connectivity index (χ1) is 15.5. The Labute approximate surface area is 190 Å². The van der Waals surface area contributed by atoms with Crippen LogP contribution in [0, 0.1) is 0 Å². The van der Waals surface area contributed by atoms with Crippen LogP contribution >= 0.6 is 11.6 Å². The van der Waals surface area contributed by atoms with Crippen molar-refractivity contribution in [1.29, 1.82) is 0 Å². The number of nitrogens with zero attached hydrogens (tertiary/aromatic N) is 1. The largest absolute Gasteiger partial charge is 0.497 e. The van der Waals surface area contributed by atoms with Crippen LogP contribution in [-0.4, -0.2) is 37.9 Å². The molecule has 2 N–H and O–H groups in total. The van der Waals surface area contributed by atoms with Crippen molar-refractivity contribution in [2.24, 2.45) is 4.99 Å². The van der Waals surface area contributed by atoms with Crippen molar-refractivity contribution in [2.45, 2.75) is 6.17 Å². The van der Waals surface area contributed by atoms with E-state index in [1.54, 1.807) is 36.4 Å². The van der Waals surface area contributed by atoms with E-state index in [0.717, 1.165) is 11.1 Å². The highest BCUT2D eigenvalue weighted by Crippen LogP contribution is 2.26. The average Bonchev–Trinajstić information content (AvgIpc) is 2.95. The molecule has 0 saturated heterocycles. The first-order valence-corrected chi connectivity index (χ1v) is 10.1. The number of benzodiazepines with no additional fused rings is 1. The number of ether oxygens (including phenoxy) is 2. The number of anilines is 1. The molecule has 0 bridgehead atoms. The number of amides is 2. The lowest BCUT2D eigenvalue weighted by atomic mass is 10.0. The molecule has 1 aliphatic rings. The number of benzene rings is 3. The maximum absolute atomic E-state index is 13.1. The molecule has 3 aromatic rings. The fraction of sp³-hybridized carbons (Fsp3) is 0.125. The number of fused-ring (bicyclic) bond motifs is 1. The highest BCUT2D eigenvalue weighted by molar-refractivity contribution is 6.30. The van der Waals surface area contributed by atoms with Crippen LogP contribution in [0.2, 0.25) is 5.02 Å². The van der Waals surface area contributed by atoms with Gasteiger partial charge in [0.2, 0.25) is 6.17 Å². The highest BCUT2D eigenvalue weighted by atomic mass is 35.5. The van der Waals surface area contributed by atoms with Gasteiger partial charge in [0.05, 0.1) is 31.2 Å². The Morgan fingerprint density at radius 3 is 2.50 bits per heavy atom. The molecule has 7 nitrogen and oxygen atoms in total. The lowest BCUT2D eigenvalue weighted by Gasteiger charge is -2.15. The summed E-state index contributed by atoms with van der Waals surface area (Å²) in [5.41, 5.74) is 2.88. The number of hydrogen-bond acceptors (Lipinski definition) is 5. The fourth-order valence-electron chi connectivity index (χ4n) is 3.39. The zero-order chi connectivity index (χ0) is 22.7. The number of carbonyl (C=O) groups is 2. The van der Waals surface area contributed by atoms with E-state index in [9.17, 15) is 9.59 Å². The Morgan fingerprint density at radius 1 is 1.03 bits per heavy atom. The molecule has 0 spiro atoms. The summed E-state index contributed by atoms with van der Waals surface area (Å²) >= 11 is 6.04. The summed E-state index contributed by atoms with van der Waals surface area (Å²) in [7, 11) is 2.96. The molecule has 0 saturated carbocycles. The summed E-state index contributed by atoms with van der Waals surface area (Å²) in [6.07, 6.45) is -1.17. The minimum Gasteiger partial charge on any atom is -0.497 e. The monoisotopic (exact) mass is 449 g/mol. The predicted octanol–water partition coefficient (Wildman–Crippen LogP) is 3.90. The molecule has 2 amide bonds. The third-order valence-corrected chi connectivity index (χ3v) is 5.24. The van der Waals surface area contributed by atoms with Crippen molar-refractivity contribution >= 4 is 34.8 Å². The molecule has 0 aromatic heterocycles. The molecule has 1 aliphatic heterocycles. The number of methoxy groups -OCH3 is 2. The Kier molecular flexibility index (Phi) is 6.09. The molecule has 32 heavy (non-hydrogen) atoms. The first kappa shape index (κ1) is 21.4. The predicted molar refractivity (Wildman–Crippen MR) is 123 cm³/mol. The van der Waals surface area contributed by atoms with Crippen molar-refractivity contribution < 1.29 is 19.1 Å². The van der Waals surface area contributed by atoms with Gasteiger partial charge in [-0.1, -0.05) is 41.9 Å². The van der Waals surface area contributed by atoms with Gasteiger partial charge in [-0.15, -0.1) is 0 Å². The van der Waals surface area contributed by atoms with E-state index in [4.69, 9.17) is 21.1 Å². The second-order valence-corrected chi connectivity index (χ2v) is 7.40. The SMILES string of the molecule is COc1ccc(OC)c(C(=O)N[C@H]2N=C(c3ccc(Cl)cc3)c3ccccc3NC2=O)c1. The Balaban J connectivity index is 1.74. The molecule has 1 heterocycles. The van der Waals surface area contributed by atoms with Crippen molar-refractivity contribution in [3.05, 3.63) is 88.4 Å². The van der Waals surface area contributed by atoms with Crippen LogP contribution in [0.4, 0.5) is 5.69 Å². The summed E-state index contributed by atoms with van der Waals surface area (Å²) in [6.45, 7) is 0. The van der Waals surface area contributed by atoms with Crippen molar-refractivity contribution in [2.75, 3.05) is 19.5 Å². The molecule has 162 valence electrons. The van der Waals surface area contributed by atoms with Crippen molar-refractivity contribution in [1.82, 2.24) is 5.32 Å². The van der Waals surface area contributed by atoms with Gasteiger partial charge in [-0.2, -0.15) is 0 Å². The third kappa shape index (κ3) is 4.29. The van der Waals surface area contributed by atoms with Crippen molar-refractivity contribution in [3.8, 4) is 11.5 Å². The van der Waals surface area contributed by atoms with Crippen LogP contribution in [0.3, 0.4) is 0 Å². The third-order valence-electron chi connectivity index (χ3n) is 4.98. The number of nitrogens with one attached hydrogen (secondary N) is 2. The van der Waals surface area contributed by atoms with Crippen LogP contribution < -0.4 is 20.1 Å². The van der Waals surface area contributed by atoms with Crippen LogP contribution in [0.1, 0.15) is 21.5 Å². The van der Waals surface area contributed by atoms with Crippen molar-refractivity contribution in [3.63, 3.8) is 0 Å². The molecule has 1 atom stereocenters. The summed E-state index contributed by atoms with van der Waals surface area (Å²) in [5.74, 6) is -0.149. The van der Waals surface area contributed by atoms with Gasteiger partial charge < -0.3 is 20.1 Å². The van der Waals surface area contributed by atoms with Gasteiger partial charge in [-0.3, -0.25) is 9.59 Å². The Hall–Kier alpha value is -3.84. The molecular formula is C24H20ClN3O4. The van der Waals surface area contributed by atoms with E-state index in [-0.39, 0.29) is 5.56 Å². The fourth-order valence-corrected chi connectivity index (χ4v) is 3.51. The molecule has 3 aromatic carbocycles. The number of aliphatic imine (C=N–C) groups is 1. The van der Waals surface area contributed by atoms with Gasteiger partial charge >= 0.3 is 0 Å². The average molecular weight is 450 g/mol. The number of rotatable bonds is 5. The smallest absolute Gasteiger partial charge is 0.269 e. The van der Waals surface area contributed by atoms with Gasteiger partial charge in [0, 0.05) is 16.1 Å². The topological polar surface area (TPSA) is 89.0 Å². The Morgan fingerprint density at radius 2 is 1.78 bits per heavy atom. The van der Waals surface area contributed by atoms with Crippen LogP contribution in [0.15, 0.2) is 71.7 Å². The van der Waals surface area contributed by atoms with Gasteiger partial charge in [-0.05, 0) is 36.4 Å². The van der Waals surface area contributed by atoms with Gasteiger partial charge in [0.25, 0.3) is 11.8 Å². The summed E-state index contributed by atoms with van der Waals surface area (Å²) in [6, 6.07) is 19.3. The van der Waals surface area contributed by atoms with E-state index in [0.29, 0.717) is 27.9 Å². The van der Waals surface area contributed by atoms with Crippen LogP contribution in [0.25, 0.3) is 0 Å². The number of para-hydroxylation sites is 1. The lowest BCUT2D eigenvalue weighted by Crippen LogP contribution is -2.42. The standard InChI is InChI=1S/C24H20ClN3O4/c1-31-16-11-12-20(32-2)18(13-16)23(29)28-22-24(30)26-19-6-4-3-5-17(19)21(27-22)14-7-9-15(25)10-8-14/h3-13,22H,1-2H3,(H,26,30)(H,28,29)/t22-/m1/s1. The second kappa shape index (κ2) is 9.11. The molecule has 0 radical (unpaired) electrons. The number of hydrogen-bond donors (Lipinski definition) is 2. The Bertz CT molecular complexity index is 1210. The second-order valence-electron chi connectivity index (χ2n) is 6.96. The molecule has 0 fully saturated rings. The van der Waals surface area contributed by atoms with Gasteiger partial charge in [0.1, 0.15) is 11.5 Å². The molecule has 4 rings (SSSR count). The van der Waals surface area contributed by atoms with E-state index >= 15 is 0 Å². The molecular weight excluding hydrogens is 430 g/mol. The summed E-state index contributed by atoms with van der Waals surface area (Å²) in [5, 5.41) is 6.12. The lowest BCUT2D eigenvalue weighted by molar-refractivity contribution is -0.117. The van der Waals surface area contributed by atoms with E-state index in [1.807, 2.05) is 30.3 Å². The molecule has 0 aliphatic carbocycles. The van der Waals surface area contributed by atoms with E-state index < -0.39 is 18.0 Å². The normalized spacial score (nSPS) is 15.0. The maximum Gasteiger partial charge on any atom is 0.269 e. The quantitative estimate of drug-likeness (QED) is 0.618. The number of halogens is 1. The zero-order valence-electron chi connectivity index (χ0n) is 17.4. The number of carbonyl (C=O) groups excluding carboxylic acids is 2. The molecule has 0 unspecified atom stereocenters. The minimum absolute atomic E-state index is 0.227. The molecule has 8 heteroatoms. The van der Waals surface area contributed by atoms with Crippen LogP contribution in [-0.2, 0) is 4.79 Å². The maximum atomic E-state index is 13.1. The van der Waals surface area contributed by atoms with E-state index in [2.05, 4.69) is 15.6 Å².